The monoisotopic (exact) mass is 323 g/mol. The Balaban J connectivity index is 2.19. The van der Waals surface area contributed by atoms with E-state index in [4.69, 9.17) is 4.74 Å². The molecular formula is C19H21N3O2. The van der Waals surface area contributed by atoms with Crippen LogP contribution in [-0.2, 0) is 15.1 Å². The summed E-state index contributed by atoms with van der Waals surface area (Å²) in [7, 11) is 1.43. The van der Waals surface area contributed by atoms with Gasteiger partial charge in [-0.2, -0.15) is 0 Å². The highest BCUT2D eigenvalue weighted by atomic mass is 16.5. The molecule has 1 N–H and O–H groups in total. The Kier molecular flexibility index (Phi) is 4.34. The number of methoxy groups -OCH3 is 1. The minimum Gasteiger partial charge on any atom is -0.469 e. The molecule has 2 aromatic rings. The maximum absolute atomic E-state index is 12.5. The second kappa shape index (κ2) is 6.43. The topological polar surface area (TPSA) is 64.1 Å². The highest BCUT2D eigenvalue weighted by Gasteiger charge is 2.47. The SMILES string of the molecule is COC(=O)C1C=C(C)NC(C)(c2cccnc2)C1c1cccnc1. The van der Waals surface area contributed by atoms with Crippen molar-refractivity contribution in [3.05, 3.63) is 72.0 Å². The Bertz CT molecular complexity index is 746. The van der Waals surface area contributed by atoms with E-state index in [0.717, 1.165) is 16.8 Å². The van der Waals surface area contributed by atoms with Gasteiger partial charge in [-0.25, -0.2) is 0 Å². The molecule has 0 bridgehead atoms. The van der Waals surface area contributed by atoms with Crippen LogP contribution in [0.15, 0.2) is 60.8 Å². The fourth-order valence-electron chi connectivity index (χ4n) is 3.62. The summed E-state index contributed by atoms with van der Waals surface area (Å²) in [5, 5.41) is 3.55. The number of ether oxygens (including phenoxy) is 1. The van der Waals surface area contributed by atoms with Crippen molar-refractivity contribution in [3.8, 4) is 0 Å². The predicted molar refractivity (Wildman–Crippen MR) is 91.0 cm³/mol. The van der Waals surface area contributed by atoms with Gasteiger partial charge in [-0.15, -0.1) is 0 Å². The molecule has 3 heterocycles. The van der Waals surface area contributed by atoms with Gasteiger partial charge in [0.15, 0.2) is 0 Å². The Morgan fingerprint density at radius 1 is 1.21 bits per heavy atom. The molecule has 3 unspecified atom stereocenters. The maximum atomic E-state index is 12.5. The lowest BCUT2D eigenvalue weighted by atomic mass is 9.67. The summed E-state index contributed by atoms with van der Waals surface area (Å²) in [5.41, 5.74) is 2.43. The average Bonchev–Trinajstić information content (AvgIpc) is 2.62. The van der Waals surface area contributed by atoms with Crippen LogP contribution in [0.3, 0.4) is 0 Å². The third kappa shape index (κ3) is 2.77. The summed E-state index contributed by atoms with van der Waals surface area (Å²) in [4.78, 5) is 21.0. The number of allylic oxidation sites excluding steroid dienone is 1. The number of rotatable bonds is 3. The van der Waals surface area contributed by atoms with Crippen LogP contribution in [0.1, 0.15) is 30.9 Å². The third-order valence-electron chi connectivity index (χ3n) is 4.65. The molecule has 1 aliphatic rings. The minimum absolute atomic E-state index is 0.161. The second-order valence-electron chi connectivity index (χ2n) is 6.23. The molecule has 0 aromatic carbocycles. The zero-order valence-corrected chi connectivity index (χ0v) is 14.1. The van der Waals surface area contributed by atoms with Gasteiger partial charge >= 0.3 is 5.97 Å². The molecule has 2 aromatic heterocycles. The van der Waals surface area contributed by atoms with Crippen molar-refractivity contribution >= 4 is 5.97 Å². The molecule has 3 atom stereocenters. The quantitative estimate of drug-likeness (QED) is 0.880. The van der Waals surface area contributed by atoms with Gasteiger partial charge in [-0.1, -0.05) is 18.2 Å². The smallest absolute Gasteiger partial charge is 0.313 e. The molecule has 3 rings (SSSR count). The first kappa shape index (κ1) is 16.2. The molecule has 0 radical (unpaired) electrons. The Hall–Kier alpha value is -2.69. The molecule has 0 aliphatic carbocycles. The van der Waals surface area contributed by atoms with Crippen molar-refractivity contribution in [3.63, 3.8) is 0 Å². The van der Waals surface area contributed by atoms with Crippen molar-refractivity contribution in [2.45, 2.75) is 25.3 Å². The van der Waals surface area contributed by atoms with E-state index in [1.54, 1.807) is 12.4 Å². The van der Waals surface area contributed by atoms with Gasteiger partial charge < -0.3 is 10.1 Å². The summed E-state index contributed by atoms with van der Waals surface area (Å²) in [5.74, 6) is -0.808. The molecule has 0 saturated heterocycles. The van der Waals surface area contributed by atoms with E-state index < -0.39 is 11.5 Å². The van der Waals surface area contributed by atoms with Crippen LogP contribution in [0.5, 0.6) is 0 Å². The zero-order chi connectivity index (χ0) is 17.2. The molecule has 24 heavy (non-hydrogen) atoms. The van der Waals surface area contributed by atoms with Gasteiger partial charge in [0.25, 0.3) is 0 Å². The fraction of sp³-hybridized carbons (Fsp3) is 0.316. The van der Waals surface area contributed by atoms with Crippen LogP contribution in [0.2, 0.25) is 0 Å². The summed E-state index contributed by atoms with van der Waals surface area (Å²) >= 11 is 0. The molecule has 5 nitrogen and oxygen atoms in total. The average molecular weight is 323 g/mol. The van der Waals surface area contributed by atoms with E-state index in [2.05, 4.69) is 22.2 Å². The maximum Gasteiger partial charge on any atom is 0.313 e. The molecule has 0 fully saturated rings. The standard InChI is InChI=1S/C19H21N3O2/c1-13-10-16(18(23)24-3)17(14-6-4-8-20-11-14)19(2,22-13)15-7-5-9-21-12-15/h4-12,16-17,22H,1-3H3. The van der Waals surface area contributed by atoms with Crippen LogP contribution in [0.4, 0.5) is 0 Å². The number of pyridine rings is 2. The Labute approximate surface area is 141 Å². The summed E-state index contributed by atoms with van der Waals surface area (Å²) in [6.45, 7) is 4.05. The van der Waals surface area contributed by atoms with E-state index >= 15 is 0 Å². The number of carbonyl (C=O) groups excluding carboxylic acids is 1. The van der Waals surface area contributed by atoms with E-state index in [9.17, 15) is 4.79 Å². The van der Waals surface area contributed by atoms with Crippen molar-refractivity contribution in [2.75, 3.05) is 7.11 Å². The van der Waals surface area contributed by atoms with Gasteiger partial charge in [-0.3, -0.25) is 14.8 Å². The van der Waals surface area contributed by atoms with E-state index in [1.165, 1.54) is 7.11 Å². The largest absolute Gasteiger partial charge is 0.469 e. The Morgan fingerprint density at radius 2 is 1.92 bits per heavy atom. The fourth-order valence-corrected chi connectivity index (χ4v) is 3.62. The van der Waals surface area contributed by atoms with Crippen molar-refractivity contribution < 1.29 is 9.53 Å². The summed E-state index contributed by atoms with van der Waals surface area (Å²) in [6, 6.07) is 7.82. The molecule has 5 heteroatoms. The number of aromatic nitrogens is 2. The minimum atomic E-state index is -0.505. The van der Waals surface area contributed by atoms with Gasteiger partial charge in [0.2, 0.25) is 0 Å². The number of hydrogen-bond donors (Lipinski definition) is 1. The summed E-state index contributed by atoms with van der Waals surface area (Å²) < 4.78 is 5.07. The van der Waals surface area contributed by atoms with E-state index in [0.29, 0.717) is 0 Å². The van der Waals surface area contributed by atoms with Crippen LogP contribution < -0.4 is 5.32 Å². The van der Waals surface area contributed by atoms with Gasteiger partial charge in [-0.05, 0) is 37.1 Å². The Morgan fingerprint density at radius 3 is 2.50 bits per heavy atom. The number of esters is 1. The van der Waals surface area contributed by atoms with Gasteiger partial charge in [0.1, 0.15) is 0 Å². The lowest BCUT2D eigenvalue weighted by Crippen LogP contribution is -2.51. The van der Waals surface area contributed by atoms with Gasteiger partial charge in [0.05, 0.1) is 18.6 Å². The van der Waals surface area contributed by atoms with Crippen LogP contribution in [0.25, 0.3) is 0 Å². The molecular weight excluding hydrogens is 302 g/mol. The summed E-state index contributed by atoms with van der Waals surface area (Å²) in [6.07, 6.45) is 9.06. The number of carbonyl (C=O) groups is 1. The van der Waals surface area contributed by atoms with Crippen molar-refractivity contribution in [2.24, 2.45) is 5.92 Å². The molecule has 0 spiro atoms. The first-order chi connectivity index (χ1) is 11.6. The lowest BCUT2D eigenvalue weighted by molar-refractivity contribution is -0.145. The van der Waals surface area contributed by atoms with Gasteiger partial charge in [0, 0.05) is 36.4 Å². The highest BCUT2D eigenvalue weighted by molar-refractivity contribution is 5.77. The van der Waals surface area contributed by atoms with Crippen molar-refractivity contribution in [1.29, 1.82) is 0 Å². The first-order valence-corrected chi connectivity index (χ1v) is 7.91. The molecule has 0 saturated carbocycles. The second-order valence-corrected chi connectivity index (χ2v) is 6.23. The predicted octanol–water partition coefficient (Wildman–Crippen LogP) is 2.77. The molecule has 0 amide bonds. The molecule has 124 valence electrons. The van der Waals surface area contributed by atoms with E-state index in [-0.39, 0.29) is 11.9 Å². The van der Waals surface area contributed by atoms with Crippen LogP contribution >= 0.6 is 0 Å². The normalized spacial score (nSPS) is 26.2. The van der Waals surface area contributed by atoms with Crippen LogP contribution in [-0.4, -0.2) is 23.0 Å². The molecule has 1 aliphatic heterocycles. The first-order valence-electron chi connectivity index (χ1n) is 7.91. The number of nitrogens with zero attached hydrogens (tertiary/aromatic N) is 2. The lowest BCUT2D eigenvalue weighted by Gasteiger charge is -2.45. The third-order valence-corrected chi connectivity index (χ3v) is 4.65. The van der Waals surface area contributed by atoms with Crippen molar-refractivity contribution in [1.82, 2.24) is 15.3 Å². The highest BCUT2D eigenvalue weighted by Crippen LogP contribution is 2.45. The number of hydrogen-bond acceptors (Lipinski definition) is 5. The van der Waals surface area contributed by atoms with E-state index in [1.807, 2.05) is 49.7 Å². The zero-order valence-electron chi connectivity index (χ0n) is 14.1. The van der Waals surface area contributed by atoms with Crippen LogP contribution in [0, 0.1) is 5.92 Å². The number of nitrogens with one attached hydrogen (secondary N) is 1.